The molecule has 250 valence electrons. The second kappa shape index (κ2) is 13.3. The molecule has 1 aliphatic carbocycles. The maximum atomic E-state index is 9.34. The van der Waals surface area contributed by atoms with Crippen LogP contribution in [0.15, 0.2) is 188 Å². The van der Waals surface area contributed by atoms with Gasteiger partial charge in [0.25, 0.3) is 0 Å². The lowest BCUT2D eigenvalue weighted by Gasteiger charge is -2.34. The highest BCUT2D eigenvalue weighted by Gasteiger charge is 2.47. The van der Waals surface area contributed by atoms with Crippen molar-refractivity contribution in [3.05, 3.63) is 216 Å². The quantitative estimate of drug-likeness (QED) is 0.171. The number of nitrogens with zero attached hydrogens (tertiary/aromatic N) is 2. The minimum atomic E-state index is -0.615. The molecule has 3 heteroatoms. The molecule has 1 aliphatic rings. The van der Waals surface area contributed by atoms with E-state index in [1.54, 1.807) is 0 Å². The monoisotopic (exact) mass is 677 g/mol. The Balaban J connectivity index is 1.37. The van der Waals surface area contributed by atoms with Crippen LogP contribution < -0.4 is 5.73 Å². The highest BCUT2D eigenvalue weighted by Crippen LogP contribution is 2.59. The van der Waals surface area contributed by atoms with E-state index in [0.29, 0.717) is 0 Å². The van der Waals surface area contributed by atoms with Gasteiger partial charge in [0.1, 0.15) is 0 Å². The molecule has 0 aliphatic heterocycles. The number of hydrogen-bond acceptors (Lipinski definition) is 3. The second-order valence-electron chi connectivity index (χ2n) is 13.5. The average molecular weight is 678 g/mol. The highest BCUT2D eigenvalue weighted by atomic mass is 14.7. The first kappa shape index (κ1) is 31.9. The van der Waals surface area contributed by atoms with Gasteiger partial charge < -0.3 is 5.73 Å². The predicted octanol–water partition coefficient (Wildman–Crippen LogP) is 11.9. The molecule has 0 unspecified atom stereocenters. The van der Waals surface area contributed by atoms with Crippen LogP contribution in [0.2, 0.25) is 0 Å². The van der Waals surface area contributed by atoms with E-state index in [1.165, 1.54) is 66.9 Å². The summed E-state index contributed by atoms with van der Waals surface area (Å²) in [7, 11) is 0. The van der Waals surface area contributed by atoms with E-state index in [4.69, 9.17) is 10.7 Å². The molecule has 0 radical (unpaired) electrons. The highest BCUT2D eigenvalue weighted by molar-refractivity contribution is 6.10. The van der Waals surface area contributed by atoms with Crippen LogP contribution in [-0.4, -0.2) is 4.98 Å². The van der Waals surface area contributed by atoms with Crippen LogP contribution in [0.5, 0.6) is 0 Å². The Morgan fingerprint density at radius 1 is 0.604 bits per heavy atom. The summed E-state index contributed by atoms with van der Waals surface area (Å²) in [6, 6.07) is 63.7. The van der Waals surface area contributed by atoms with Crippen molar-refractivity contribution in [1.82, 2.24) is 4.98 Å². The van der Waals surface area contributed by atoms with Crippen LogP contribution in [-0.2, 0) is 5.41 Å². The fourth-order valence-corrected chi connectivity index (χ4v) is 8.37. The van der Waals surface area contributed by atoms with Crippen molar-refractivity contribution in [2.24, 2.45) is 5.73 Å². The topological polar surface area (TPSA) is 62.7 Å². The third-order valence-electron chi connectivity index (χ3n) is 10.6. The maximum Gasteiger partial charge on any atom is 0.0715 e. The lowest BCUT2D eigenvalue weighted by molar-refractivity contribution is 0.769. The lowest BCUT2D eigenvalue weighted by atomic mass is 9.67. The molecule has 0 fully saturated rings. The Morgan fingerprint density at radius 3 is 2.00 bits per heavy atom. The van der Waals surface area contributed by atoms with Crippen molar-refractivity contribution in [2.45, 2.75) is 11.8 Å². The molecule has 8 aromatic rings. The van der Waals surface area contributed by atoms with E-state index in [2.05, 4.69) is 164 Å². The van der Waals surface area contributed by atoms with E-state index in [-0.39, 0.29) is 6.42 Å². The van der Waals surface area contributed by atoms with E-state index < -0.39 is 5.41 Å². The van der Waals surface area contributed by atoms with Gasteiger partial charge in [-0.1, -0.05) is 146 Å². The first-order valence-corrected chi connectivity index (χ1v) is 18.0. The normalized spacial score (nSPS) is 13.2. The van der Waals surface area contributed by atoms with E-state index >= 15 is 0 Å². The van der Waals surface area contributed by atoms with Gasteiger partial charge in [0, 0.05) is 5.56 Å². The van der Waals surface area contributed by atoms with Crippen molar-refractivity contribution < 1.29 is 0 Å². The molecule has 1 heterocycles. The standard InChI is InChI=1S/C50H35N3/c51-29-12-15-35(28-30-52)47-22-11-23-48(53-47)44-33-46-49(42-21-10-9-20-41(42)44)43-27-26-38(37-25-24-34-13-7-8-14-36(34)31-37)32-45(43)50(46,39-16-3-1-4-17-39)40-18-5-2-6-19-40/h1-11,13-28,30-33H,12,52H2/b30-28-,35-15+. The number of fused-ring (bicyclic) bond motifs is 6. The Kier molecular flexibility index (Phi) is 7.99. The molecule has 0 atom stereocenters. The van der Waals surface area contributed by atoms with Crippen molar-refractivity contribution in [3.8, 4) is 39.6 Å². The van der Waals surface area contributed by atoms with Gasteiger partial charge in [0.05, 0.1) is 29.3 Å². The van der Waals surface area contributed by atoms with Crippen LogP contribution >= 0.6 is 0 Å². The van der Waals surface area contributed by atoms with Gasteiger partial charge >= 0.3 is 0 Å². The smallest absolute Gasteiger partial charge is 0.0715 e. The Hall–Kier alpha value is -7.02. The number of nitriles is 1. The van der Waals surface area contributed by atoms with Gasteiger partial charge in [0.2, 0.25) is 0 Å². The molecule has 2 N–H and O–H groups in total. The predicted molar refractivity (Wildman–Crippen MR) is 219 cm³/mol. The third-order valence-corrected chi connectivity index (χ3v) is 10.6. The number of rotatable bonds is 7. The summed E-state index contributed by atoms with van der Waals surface area (Å²) in [4.78, 5) is 5.23. The van der Waals surface area contributed by atoms with Crippen molar-refractivity contribution in [1.29, 1.82) is 5.26 Å². The Morgan fingerprint density at radius 2 is 1.26 bits per heavy atom. The molecule has 0 bridgehead atoms. The van der Waals surface area contributed by atoms with Gasteiger partial charge in [-0.15, -0.1) is 0 Å². The van der Waals surface area contributed by atoms with Crippen molar-refractivity contribution in [3.63, 3.8) is 0 Å². The van der Waals surface area contributed by atoms with E-state index in [9.17, 15) is 5.26 Å². The van der Waals surface area contributed by atoms with Crippen LogP contribution in [0.25, 0.3) is 60.6 Å². The molecule has 0 amide bonds. The molecular weight excluding hydrogens is 643 g/mol. The number of allylic oxidation sites excluding steroid dienone is 3. The number of pyridine rings is 1. The molecule has 0 saturated carbocycles. The molecule has 3 nitrogen and oxygen atoms in total. The minimum Gasteiger partial charge on any atom is -0.405 e. The Bertz CT molecular complexity index is 2730. The van der Waals surface area contributed by atoms with E-state index in [0.717, 1.165) is 27.9 Å². The van der Waals surface area contributed by atoms with Gasteiger partial charge in [-0.2, -0.15) is 5.26 Å². The molecule has 9 rings (SSSR count). The van der Waals surface area contributed by atoms with Crippen molar-refractivity contribution >= 4 is 27.1 Å². The maximum absolute atomic E-state index is 9.34. The number of nitrogens with two attached hydrogens (primary N) is 1. The van der Waals surface area contributed by atoms with Crippen LogP contribution in [0.4, 0.5) is 0 Å². The van der Waals surface area contributed by atoms with Crippen molar-refractivity contribution in [2.75, 3.05) is 0 Å². The largest absolute Gasteiger partial charge is 0.405 e. The summed E-state index contributed by atoms with van der Waals surface area (Å²) >= 11 is 0. The summed E-state index contributed by atoms with van der Waals surface area (Å²) in [5, 5.41) is 14.1. The zero-order valence-electron chi connectivity index (χ0n) is 29.1. The fraction of sp³-hybridized carbons (Fsp3) is 0.0400. The summed E-state index contributed by atoms with van der Waals surface area (Å²) in [5.41, 5.74) is 18.5. The number of aromatic nitrogens is 1. The fourth-order valence-electron chi connectivity index (χ4n) is 8.37. The molecular formula is C50H35N3. The lowest BCUT2D eigenvalue weighted by Crippen LogP contribution is -2.28. The molecule has 53 heavy (non-hydrogen) atoms. The molecule has 1 aromatic heterocycles. The van der Waals surface area contributed by atoms with Crippen LogP contribution in [0, 0.1) is 11.3 Å². The molecule has 0 spiro atoms. The SMILES string of the molecule is N#CC/C=C(\C=C/N)c1cccc(-c2cc3c(c4ccccc24)-c2ccc(-c4ccc5ccccc5c4)cc2C3(c2ccccc2)c2ccccc2)n1. The number of benzene rings is 7. The van der Waals surface area contributed by atoms with Gasteiger partial charge in [-0.25, -0.2) is 4.98 Å². The zero-order valence-corrected chi connectivity index (χ0v) is 29.1. The van der Waals surface area contributed by atoms with Gasteiger partial charge in [-0.3, -0.25) is 0 Å². The summed E-state index contributed by atoms with van der Waals surface area (Å²) < 4.78 is 0. The van der Waals surface area contributed by atoms with Gasteiger partial charge in [-0.05, 0) is 114 Å². The zero-order chi connectivity index (χ0) is 35.8. The first-order valence-electron chi connectivity index (χ1n) is 18.0. The van der Waals surface area contributed by atoms with Gasteiger partial charge in [0.15, 0.2) is 0 Å². The van der Waals surface area contributed by atoms with Crippen LogP contribution in [0.3, 0.4) is 0 Å². The van der Waals surface area contributed by atoms with Crippen LogP contribution in [0.1, 0.15) is 34.4 Å². The summed E-state index contributed by atoms with van der Waals surface area (Å²) in [6.45, 7) is 0. The second-order valence-corrected chi connectivity index (χ2v) is 13.5. The molecule has 7 aromatic carbocycles. The number of hydrogen-bond donors (Lipinski definition) is 1. The average Bonchev–Trinajstić information content (AvgIpc) is 3.53. The third kappa shape index (κ3) is 5.24. The minimum absolute atomic E-state index is 0.267. The first-order chi connectivity index (χ1) is 26.2. The summed E-state index contributed by atoms with van der Waals surface area (Å²) in [5.74, 6) is 0. The Labute approximate surface area is 309 Å². The van der Waals surface area contributed by atoms with E-state index in [1.807, 2.05) is 24.3 Å². The summed E-state index contributed by atoms with van der Waals surface area (Å²) in [6.07, 6.45) is 5.45. The molecule has 0 saturated heterocycles.